The predicted octanol–water partition coefficient (Wildman–Crippen LogP) is 4.55. The van der Waals surface area contributed by atoms with Gasteiger partial charge in [-0.3, -0.25) is 0 Å². The van der Waals surface area contributed by atoms with Crippen LogP contribution in [-0.4, -0.2) is 14.7 Å². The third-order valence-electron chi connectivity index (χ3n) is 3.98. The van der Waals surface area contributed by atoms with Crippen molar-refractivity contribution in [3.8, 4) is 0 Å². The zero-order chi connectivity index (χ0) is 17.5. The Hall–Kier alpha value is -2.27. The van der Waals surface area contributed by atoms with Gasteiger partial charge in [-0.05, 0) is 47.8 Å². The second-order valence-corrected chi connectivity index (χ2v) is 7.86. The van der Waals surface area contributed by atoms with Crippen molar-refractivity contribution in [2.45, 2.75) is 18.2 Å². The Kier molecular flexibility index (Phi) is 4.13. The minimum atomic E-state index is -3.96. The fourth-order valence-corrected chi connectivity index (χ4v) is 3.78. The van der Waals surface area contributed by atoms with Crippen LogP contribution in [0.5, 0.6) is 0 Å². The van der Waals surface area contributed by atoms with Gasteiger partial charge in [0, 0.05) is 6.26 Å². The van der Waals surface area contributed by atoms with Gasteiger partial charge in [0.25, 0.3) is 0 Å². The van der Waals surface area contributed by atoms with Crippen LogP contribution in [0.25, 0.3) is 11.1 Å². The molecule has 2 aromatic carbocycles. The van der Waals surface area contributed by atoms with E-state index < -0.39 is 26.4 Å². The lowest BCUT2D eigenvalue weighted by Crippen LogP contribution is -2.05. The van der Waals surface area contributed by atoms with Crippen LogP contribution in [0.3, 0.4) is 0 Å². The minimum absolute atomic E-state index is 0.360. The van der Waals surface area contributed by atoms with Crippen LogP contribution in [0.1, 0.15) is 23.1 Å². The summed E-state index contributed by atoms with van der Waals surface area (Å²) in [6, 6.07) is 10.0. The molecule has 0 heterocycles. The topological polar surface area (TPSA) is 34.1 Å². The minimum Gasteiger partial charge on any atom is -0.224 e. The van der Waals surface area contributed by atoms with Gasteiger partial charge in [0.05, 0.1) is 0 Å². The van der Waals surface area contributed by atoms with E-state index in [0.717, 1.165) is 40.7 Å². The van der Waals surface area contributed by atoms with E-state index in [1.807, 2.05) is 43.3 Å². The Balaban J connectivity index is 2.17. The summed E-state index contributed by atoms with van der Waals surface area (Å²) in [5, 5.41) is 0. The SMILES string of the molecule is Cc1cccc(C2=C(c3cc(F)c(S(C)(=O)=O)c(F)c3)CC=C2)c1. The maximum absolute atomic E-state index is 14.2. The highest BCUT2D eigenvalue weighted by atomic mass is 32.2. The molecule has 0 aliphatic heterocycles. The number of allylic oxidation sites excluding steroid dienone is 4. The second kappa shape index (κ2) is 5.98. The lowest BCUT2D eigenvalue weighted by Gasteiger charge is -2.11. The first kappa shape index (κ1) is 16.6. The van der Waals surface area contributed by atoms with Gasteiger partial charge >= 0.3 is 0 Å². The molecule has 1 aliphatic carbocycles. The Morgan fingerprint density at radius 1 is 1.00 bits per heavy atom. The highest BCUT2D eigenvalue weighted by Crippen LogP contribution is 2.36. The van der Waals surface area contributed by atoms with E-state index in [1.54, 1.807) is 0 Å². The summed E-state index contributed by atoms with van der Waals surface area (Å²) in [6.45, 7) is 1.97. The molecule has 2 nitrogen and oxygen atoms in total. The fraction of sp³-hybridized carbons (Fsp3) is 0.158. The van der Waals surface area contributed by atoms with Crippen molar-refractivity contribution >= 4 is 21.0 Å². The number of aryl methyl sites for hydroxylation is 1. The number of sulfone groups is 1. The average molecular weight is 346 g/mol. The molecule has 0 spiro atoms. The zero-order valence-electron chi connectivity index (χ0n) is 13.3. The van der Waals surface area contributed by atoms with Crippen molar-refractivity contribution in [1.82, 2.24) is 0 Å². The van der Waals surface area contributed by atoms with Crippen LogP contribution < -0.4 is 0 Å². The van der Waals surface area contributed by atoms with Gasteiger partial charge in [-0.2, -0.15) is 0 Å². The lowest BCUT2D eigenvalue weighted by molar-refractivity contribution is 0.520. The number of rotatable bonds is 3. The molecular formula is C19H16F2O2S. The highest BCUT2D eigenvalue weighted by molar-refractivity contribution is 7.90. The number of halogens is 2. The molecule has 0 saturated heterocycles. The first-order valence-corrected chi connectivity index (χ1v) is 9.32. The van der Waals surface area contributed by atoms with Gasteiger partial charge in [0.15, 0.2) is 9.84 Å². The summed E-state index contributed by atoms with van der Waals surface area (Å²) in [5.41, 5.74) is 4.08. The van der Waals surface area contributed by atoms with E-state index in [-0.39, 0.29) is 0 Å². The average Bonchev–Trinajstić information content (AvgIpc) is 2.94. The number of hydrogen-bond donors (Lipinski definition) is 0. The van der Waals surface area contributed by atoms with Crippen LogP contribution in [0, 0.1) is 18.6 Å². The molecule has 0 unspecified atom stereocenters. The first-order valence-electron chi connectivity index (χ1n) is 7.43. The van der Waals surface area contributed by atoms with Gasteiger partial charge in [-0.25, -0.2) is 17.2 Å². The molecule has 0 fully saturated rings. The van der Waals surface area contributed by atoms with E-state index in [2.05, 4.69) is 0 Å². The smallest absolute Gasteiger partial charge is 0.181 e. The van der Waals surface area contributed by atoms with Crippen molar-refractivity contribution in [1.29, 1.82) is 0 Å². The quantitative estimate of drug-likeness (QED) is 0.817. The largest absolute Gasteiger partial charge is 0.224 e. The summed E-state index contributed by atoms with van der Waals surface area (Å²) in [7, 11) is -3.96. The molecule has 5 heteroatoms. The van der Waals surface area contributed by atoms with E-state index in [1.165, 1.54) is 0 Å². The Bertz CT molecular complexity index is 963. The fourth-order valence-electron chi connectivity index (χ4n) is 2.95. The van der Waals surface area contributed by atoms with E-state index in [9.17, 15) is 17.2 Å². The third-order valence-corrected chi connectivity index (χ3v) is 5.11. The van der Waals surface area contributed by atoms with E-state index >= 15 is 0 Å². The standard InChI is InChI=1S/C19H16F2O2S/c1-12-5-3-6-13(9-12)15-7-4-8-16(15)14-10-17(20)19(18(21)11-14)24(2,22)23/h3-7,9-11H,8H2,1-2H3. The number of hydrogen-bond acceptors (Lipinski definition) is 2. The molecule has 24 heavy (non-hydrogen) atoms. The molecule has 0 radical (unpaired) electrons. The maximum atomic E-state index is 14.2. The molecule has 3 rings (SSSR count). The van der Waals surface area contributed by atoms with Gasteiger partial charge in [-0.1, -0.05) is 42.0 Å². The third kappa shape index (κ3) is 3.04. The summed E-state index contributed by atoms with van der Waals surface area (Å²) < 4.78 is 51.4. The summed E-state index contributed by atoms with van der Waals surface area (Å²) in [6.07, 6.45) is 5.18. The van der Waals surface area contributed by atoms with Crippen molar-refractivity contribution in [3.63, 3.8) is 0 Å². The van der Waals surface area contributed by atoms with Crippen molar-refractivity contribution in [3.05, 3.63) is 76.9 Å². The second-order valence-electron chi connectivity index (χ2n) is 5.91. The molecule has 0 aromatic heterocycles. The van der Waals surface area contributed by atoms with Crippen LogP contribution in [-0.2, 0) is 9.84 Å². The normalized spacial score (nSPS) is 14.5. The Labute approximate surface area is 140 Å². The van der Waals surface area contributed by atoms with Crippen LogP contribution in [0.15, 0.2) is 53.4 Å². The molecule has 0 atom stereocenters. The summed E-state index contributed by atoms with van der Waals surface area (Å²) in [5.74, 6) is -2.12. The van der Waals surface area contributed by atoms with Crippen molar-refractivity contribution in [2.75, 3.05) is 6.26 Å². The zero-order valence-corrected chi connectivity index (χ0v) is 14.1. The van der Waals surface area contributed by atoms with Gasteiger partial charge in [0.2, 0.25) is 0 Å². The molecule has 0 bridgehead atoms. The summed E-state index contributed by atoms with van der Waals surface area (Å²) >= 11 is 0. The van der Waals surface area contributed by atoms with Crippen molar-refractivity contribution in [2.24, 2.45) is 0 Å². The van der Waals surface area contributed by atoms with E-state index in [0.29, 0.717) is 12.0 Å². The van der Waals surface area contributed by atoms with Crippen LogP contribution >= 0.6 is 0 Å². The lowest BCUT2D eigenvalue weighted by atomic mass is 9.96. The first-order chi connectivity index (χ1) is 11.3. The van der Waals surface area contributed by atoms with Gasteiger partial charge < -0.3 is 0 Å². The monoisotopic (exact) mass is 346 g/mol. The molecule has 2 aromatic rings. The Morgan fingerprint density at radius 2 is 1.67 bits per heavy atom. The molecule has 0 N–H and O–H groups in total. The highest BCUT2D eigenvalue weighted by Gasteiger charge is 2.23. The molecule has 0 saturated carbocycles. The maximum Gasteiger partial charge on any atom is 0.181 e. The van der Waals surface area contributed by atoms with Gasteiger partial charge in [-0.15, -0.1) is 0 Å². The molecular weight excluding hydrogens is 330 g/mol. The van der Waals surface area contributed by atoms with Crippen LogP contribution in [0.4, 0.5) is 8.78 Å². The molecule has 0 amide bonds. The molecule has 1 aliphatic rings. The Morgan fingerprint density at radius 3 is 2.25 bits per heavy atom. The number of benzene rings is 2. The van der Waals surface area contributed by atoms with Crippen LogP contribution in [0.2, 0.25) is 0 Å². The summed E-state index contributed by atoms with van der Waals surface area (Å²) in [4.78, 5) is -0.880. The van der Waals surface area contributed by atoms with Gasteiger partial charge in [0.1, 0.15) is 16.5 Å². The van der Waals surface area contributed by atoms with Crippen molar-refractivity contribution < 1.29 is 17.2 Å². The van der Waals surface area contributed by atoms with E-state index in [4.69, 9.17) is 0 Å². The predicted molar refractivity (Wildman–Crippen MR) is 91.2 cm³/mol. The molecule has 124 valence electrons.